The standard InChI is InChI=1S/C30H24ClN7O2/c1-18(36-29-25-22(39)14-16-33-28(25)34-17-35-29)27-26(31)20-11-8-12-21(37(2)23-13-6-7-15-32-23)24(20)30(40)38(27)19-9-4-3-5-10-19/h3-18H,1-2H3,(H2,33,34,35,36,39)/t18-/m0/s1. The summed E-state index contributed by atoms with van der Waals surface area (Å²) in [4.78, 5) is 44.9. The molecule has 1 atom stereocenters. The van der Waals surface area contributed by atoms with Crippen molar-refractivity contribution in [2.45, 2.75) is 13.0 Å². The lowest BCUT2D eigenvalue weighted by Crippen LogP contribution is -2.28. The molecule has 0 aliphatic rings. The minimum atomic E-state index is -0.528. The Kier molecular flexibility index (Phi) is 6.49. The molecule has 0 fully saturated rings. The van der Waals surface area contributed by atoms with Gasteiger partial charge in [0.25, 0.3) is 5.56 Å². The van der Waals surface area contributed by atoms with Crippen molar-refractivity contribution < 1.29 is 0 Å². The number of aromatic nitrogens is 5. The van der Waals surface area contributed by atoms with E-state index in [1.54, 1.807) is 10.8 Å². The van der Waals surface area contributed by atoms with E-state index in [2.05, 4.69) is 25.3 Å². The van der Waals surface area contributed by atoms with Crippen LogP contribution in [0.15, 0.2) is 101 Å². The molecule has 6 aromatic rings. The number of para-hydroxylation sites is 1. The van der Waals surface area contributed by atoms with Gasteiger partial charge in [0.05, 0.1) is 27.8 Å². The second-order valence-electron chi connectivity index (χ2n) is 9.28. The molecule has 0 spiro atoms. The summed E-state index contributed by atoms with van der Waals surface area (Å²) in [7, 11) is 1.87. The van der Waals surface area contributed by atoms with Crippen molar-refractivity contribution in [3.05, 3.63) is 123 Å². The molecule has 0 saturated heterocycles. The average molecular weight is 550 g/mol. The van der Waals surface area contributed by atoms with Crippen LogP contribution in [0.1, 0.15) is 18.7 Å². The first-order chi connectivity index (χ1) is 19.5. The SMILES string of the molecule is C[C@H](Nc1ncnc2[nH]ccc(=O)c12)c1c(Cl)c2cccc(N(C)c3ccccn3)c2c(=O)n1-c1ccccc1. The smallest absolute Gasteiger partial charge is 0.265 e. The Morgan fingerprint density at radius 3 is 2.50 bits per heavy atom. The molecule has 4 aromatic heterocycles. The largest absolute Gasteiger partial charge is 0.361 e. The highest BCUT2D eigenvalue weighted by Gasteiger charge is 2.25. The van der Waals surface area contributed by atoms with Gasteiger partial charge < -0.3 is 15.2 Å². The highest BCUT2D eigenvalue weighted by Crippen LogP contribution is 2.37. The van der Waals surface area contributed by atoms with Crippen molar-refractivity contribution >= 4 is 50.7 Å². The summed E-state index contributed by atoms with van der Waals surface area (Å²) in [6.07, 6.45) is 4.62. The summed E-state index contributed by atoms with van der Waals surface area (Å²) >= 11 is 7.17. The van der Waals surface area contributed by atoms with Gasteiger partial charge in [-0.1, -0.05) is 48.0 Å². The van der Waals surface area contributed by atoms with Crippen molar-refractivity contribution in [1.29, 1.82) is 0 Å². The molecule has 0 unspecified atom stereocenters. The Morgan fingerprint density at radius 2 is 1.73 bits per heavy atom. The molecule has 0 amide bonds. The van der Waals surface area contributed by atoms with Crippen LogP contribution in [0.2, 0.25) is 5.02 Å². The molecule has 4 heterocycles. The van der Waals surface area contributed by atoms with Gasteiger partial charge in [-0.15, -0.1) is 0 Å². The first-order valence-corrected chi connectivity index (χ1v) is 13.0. The van der Waals surface area contributed by atoms with Gasteiger partial charge in [0.2, 0.25) is 0 Å². The molecule has 0 radical (unpaired) electrons. The maximum atomic E-state index is 14.4. The third kappa shape index (κ3) is 4.26. The van der Waals surface area contributed by atoms with Crippen LogP contribution < -0.4 is 21.2 Å². The summed E-state index contributed by atoms with van der Waals surface area (Å²) in [6.45, 7) is 1.88. The third-order valence-electron chi connectivity index (χ3n) is 6.84. The number of benzene rings is 2. The molecular weight excluding hydrogens is 526 g/mol. The van der Waals surface area contributed by atoms with E-state index in [1.807, 2.05) is 85.6 Å². The van der Waals surface area contributed by atoms with E-state index in [-0.39, 0.29) is 11.0 Å². The number of hydrogen-bond acceptors (Lipinski definition) is 7. The lowest BCUT2D eigenvalue weighted by molar-refractivity contribution is 0.774. The fraction of sp³-hybridized carbons (Fsp3) is 0.100. The van der Waals surface area contributed by atoms with Crippen molar-refractivity contribution in [3.8, 4) is 5.69 Å². The molecule has 40 heavy (non-hydrogen) atoms. The van der Waals surface area contributed by atoms with Crippen LogP contribution in [-0.4, -0.2) is 31.6 Å². The maximum absolute atomic E-state index is 14.4. The highest BCUT2D eigenvalue weighted by molar-refractivity contribution is 6.36. The van der Waals surface area contributed by atoms with E-state index in [0.29, 0.717) is 55.5 Å². The number of fused-ring (bicyclic) bond motifs is 2. The molecule has 0 saturated carbocycles. The van der Waals surface area contributed by atoms with Crippen LogP contribution in [0.4, 0.5) is 17.3 Å². The predicted octanol–water partition coefficient (Wildman–Crippen LogP) is 5.61. The van der Waals surface area contributed by atoms with Crippen LogP contribution in [0.25, 0.3) is 27.5 Å². The molecule has 10 heteroatoms. The molecular formula is C30H24ClN7O2. The average Bonchev–Trinajstić information content (AvgIpc) is 2.99. The number of anilines is 3. The minimum Gasteiger partial charge on any atom is -0.361 e. The Morgan fingerprint density at radius 1 is 0.925 bits per heavy atom. The monoisotopic (exact) mass is 549 g/mol. The van der Waals surface area contributed by atoms with Gasteiger partial charge in [0, 0.05) is 36.6 Å². The van der Waals surface area contributed by atoms with Crippen LogP contribution >= 0.6 is 11.6 Å². The second kappa shape index (κ2) is 10.3. The summed E-state index contributed by atoms with van der Waals surface area (Å²) in [5, 5.41) is 5.11. The van der Waals surface area contributed by atoms with E-state index in [9.17, 15) is 9.59 Å². The molecule has 0 aliphatic heterocycles. The number of hydrogen-bond donors (Lipinski definition) is 2. The van der Waals surface area contributed by atoms with Crippen LogP contribution in [0, 0.1) is 0 Å². The summed E-state index contributed by atoms with van der Waals surface area (Å²) in [5.74, 6) is 1.03. The van der Waals surface area contributed by atoms with E-state index in [0.717, 1.165) is 0 Å². The van der Waals surface area contributed by atoms with Crippen LogP contribution in [0.5, 0.6) is 0 Å². The van der Waals surface area contributed by atoms with Gasteiger partial charge >= 0.3 is 0 Å². The second-order valence-corrected chi connectivity index (χ2v) is 9.65. The highest BCUT2D eigenvalue weighted by atomic mass is 35.5. The van der Waals surface area contributed by atoms with Gasteiger partial charge in [-0.25, -0.2) is 15.0 Å². The quantitative estimate of drug-likeness (QED) is 0.278. The predicted molar refractivity (Wildman–Crippen MR) is 159 cm³/mol. The Balaban J connectivity index is 1.60. The fourth-order valence-electron chi connectivity index (χ4n) is 4.97. The van der Waals surface area contributed by atoms with Gasteiger partial charge in [-0.2, -0.15) is 0 Å². The fourth-order valence-corrected chi connectivity index (χ4v) is 5.37. The summed E-state index contributed by atoms with van der Waals surface area (Å²) in [6, 6.07) is 21.4. The van der Waals surface area contributed by atoms with Gasteiger partial charge in [0.1, 0.15) is 29.0 Å². The number of aromatic amines is 1. The molecule has 198 valence electrons. The number of halogens is 1. The molecule has 9 nitrogen and oxygen atoms in total. The summed E-state index contributed by atoms with van der Waals surface area (Å²) < 4.78 is 1.62. The van der Waals surface area contributed by atoms with Crippen molar-refractivity contribution in [1.82, 2.24) is 24.5 Å². The van der Waals surface area contributed by atoms with Crippen LogP contribution in [-0.2, 0) is 0 Å². The van der Waals surface area contributed by atoms with E-state index < -0.39 is 6.04 Å². The molecule has 2 aromatic carbocycles. The number of H-pyrrole nitrogens is 1. The first kappa shape index (κ1) is 25.3. The van der Waals surface area contributed by atoms with Gasteiger partial charge in [-0.3, -0.25) is 14.2 Å². The van der Waals surface area contributed by atoms with Gasteiger partial charge in [0.15, 0.2) is 5.43 Å². The van der Waals surface area contributed by atoms with E-state index in [1.165, 1.54) is 18.6 Å². The molecule has 2 N–H and O–H groups in total. The first-order valence-electron chi connectivity index (χ1n) is 12.6. The molecule has 6 rings (SSSR count). The number of pyridine rings is 3. The summed E-state index contributed by atoms with van der Waals surface area (Å²) in [5.41, 5.74) is 1.80. The zero-order chi connectivity index (χ0) is 27.8. The zero-order valence-electron chi connectivity index (χ0n) is 21.7. The zero-order valence-corrected chi connectivity index (χ0v) is 22.4. The van der Waals surface area contributed by atoms with Gasteiger partial charge in [-0.05, 0) is 37.3 Å². The van der Waals surface area contributed by atoms with Crippen molar-refractivity contribution in [3.63, 3.8) is 0 Å². The van der Waals surface area contributed by atoms with Crippen LogP contribution in [0.3, 0.4) is 0 Å². The maximum Gasteiger partial charge on any atom is 0.265 e. The number of nitrogens with one attached hydrogen (secondary N) is 2. The Hall–Kier alpha value is -5.02. The molecule has 0 bridgehead atoms. The Bertz CT molecular complexity index is 1970. The topological polar surface area (TPSA) is 109 Å². The third-order valence-corrected chi connectivity index (χ3v) is 7.24. The lowest BCUT2D eigenvalue weighted by Gasteiger charge is -2.25. The van der Waals surface area contributed by atoms with Crippen molar-refractivity contribution in [2.24, 2.45) is 0 Å². The van der Waals surface area contributed by atoms with E-state index >= 15 is 0 Å². The molecule has 0 aliphatic carbocycles. The van der Waals surface area contributed by atoms with E-state index in [4.69, 9.17) is 11.6 Å². The Labute approximate surface area is 233 Å². The minimum absolute atomic E-state index is 0.226. The van der Waals surface area contributed by atoms with Crippen molar-refractivity contribution in [2.75, 3.05) is 17.3 Å². The number of nitrogens with zero attached hydrogens (tertiary/aromatic N) is 5. The number of rotatable bonds is 6. The normalized spacial score (nSPS) is 12.0. The lowest BCUT2D eigenvalue weighted by atomic mass is 10.0.